The van der Waals surface area contributed by atoms with Crippen molar-refractivity contribution in [1.29, 1.82) is 0 Å². The van der Waals surface area contributed by atoms with Crippen LogP contribution in [0.25, 0.3) is 0 Å². The molecule has 0 aliphatic rings. The summed E-state index contributed by atoms with van der Waals surface area (Å²) in [6.07, 6.45) is 0. The van der Waals surface area contributed by atoms with Crippen LogP contribution in [0.15, 0.2) is 18.2 Å². The molecular formula is C7H8NO2S. The number of hydrogen-bond acceptors (Lipinski definition) is 3. The van der Waals surface area contributed by atoms with Gasteiger partial charge in [0, 0.05) is 11.8 Å². The Morgan fingerprint density at radius 3 is 2.82 bits per heavy atom. The van der Waals surface area contributed by atoms with Crippen LogP contribution < -0.4 is 5.73 Å². The maximum absolute atomic E-state index is 10.3. The maximum Gasteiger partial charge on any atom is 0.144 e. The van der Waals surface area contributed by atoms with Gasteiger partial charge in [-0.1, -0.05) is 18.2 Å². The first-order valence-corrected chi connectivity index (χ1v) is 4.43. The Morgan fingerprint density at radius 1 is 1.55 bits per heavy atom. The number of rotatable bonds is 2. The summed E-state index contributed by atoms with van der Waals surface area (Å²) >= 11 is 0. The molecule has 0 amide bonds. The van der Waals surface area contributed by atoms with Crippen molar-refractivity contribution in [2.75, 3.05) is 5.73 Å². The van der Waals surface area contributed by atoms with E-state index in [9.17, 15) is 8.42 Å². The normalized spacial score (nSPS) is 10.3. The summed E-state index contributed by atoms with van der Waals surface area (Å²) in [6.45, 7) is 0. The molecule has 0 heterocycles. The Bertz CT molecular complexity index is 312. The maximum atomic E-state index is 10.3. The number of anilines is 1. The van der Waals surface area contributed by atoms with Crippen LogP contribution in [0.3, 0.4) is 0 Å². The van der Waals surface area contributed by atoms with Gasteiger partial charge in [-0.3, -0.25) is 0 Å². The van der Waals surface area contributed by atoms with Crippen molar-refractivity contribution in [2.45, 2.75) is 5.75 Å². The Labute approximate surface area is 66.8 Å². The molecule has 59 valence electrons. The fraction of sp³-hybridized carbons (Fsp3) is 0.143. The highest BCUT2D eigenvalue weighted by Gasteiger charge is 1.97. The van der Waals surface area contributed by atoms with Gasteiger partial charge in [0.2, 0.25) is 0 Å². The first-order valence-electron chi connectivity index (χ1n) is 3.07. The molecule has 4 heteroatoms. The fourth-order valence-electron chi connectivity index (χ4n) is 0.762. The van der Waals surface area contributed by atoms with Crippen molar-refractivity contribution in [2.24, 2.45) is 0 Å². The summed E-state index contributed by atoms with van der Waals surface area (Å²) in [6, 6.07) is 7.76. The monoisotopic (exact) mass is 170 g/mol. The molecular weight excluding hydrogens is 162 g/mol. The van der Waals surface area contributed by atoms with E-state index >= 15 is 0 Å². The van der Waals surface area contributed by atoms with Crippen molar-refractivity contribution in [1.82, 2.24) is 0 Å². The molecule has 3 nitrogen and oxygen atoms in total. The number of nitrogens with two attached hydrogens (primary N) is 1. The highest BCUT2D eigenvalue weighted by molar-refractivity contribution is 7.71. The van der Waals surface area contributed by atoms with E-state index < -0.39 is 10.7 Å². The van der Waals surface area contributed by atoms with Crippen LogP contribution in [0.5, 0.6) is 0 Å². The third kappa shape index (κ3) is 2.23. The molecule has 0 unspecified atom stereocenters. The SMILES string of the molecule is Nc1[c]cccc1C[SH](=O)=O. The van der Waals surface area contributed by atoms with Gasteiger partial charge in [-0.05, 0) is 5.56 Å². The summed E-state index contributed by atoms with van der Waals surface area (Å²) in [5.41, 5.74) is 6.47. The molecule has 0 bridgehead atoms. The Kier molecular flexibility index (Phi) is 2.48. The van der Waals surface area contributed by atoms with Crippen LogP contribution in [0.4, 0.5) is 5.69 Å². The minimum absolute atomic E-state index is 0.00148. The fourth-order valence-corrected chi connectivity index (χ4v) is 1.32. The average molecular weight is 170 g/mol. The van der Waals surface area contributed by atoms with Crippen molar-refractivity contribution >= 4 is 16.4 Å². The zero-order chi connectivity index (χ0) is 8.27. The lowest BCUT2D eigenvalue weighted by molar-refractivity contribution is 0.614. The van der Waals surface area contributed by atoms with Gasteiger partial charge in [0.25, 0.3) is 0 Å². The summed E-state index contributed by atoms with van der Waals surface area (Å²) < 4.78 is 20.6. The predicted octanol–water partition coefficient (Wildman–Crippen LogP) is 0.180. The van der Waals surface area contributed by atoms with E-state index in [1.165, 1.54) is 0 Å². The minimum Gasteiger partial charge on any atom is -0.398 e. The summed E-state index contributed by atoms with van der Waals surface area (Å²) in [5, 5.41) is 0. The second-order valence-corrected chi connectivity index (χ2v) is 3.08. The first-order chi connectivity index (χ1) is 5.20. The molecule has 1 radical (unpaired) electrons. The molecule has 0 saturated heterocycles. The topological polar surface area (TPSA) is 60.2 Å². The molecule has 0 aromatic heterocycles. The van der Waals surface area contributed by atoms with E-state index in [0.29, 0.717) is 11.3 Å². The molecule has 1 aromatic rings. The highest BCUT2D eigenvalue weighted by atomic mass is 32.2. The highest BCUT2D eigenvalue weighted by Crippen LogP contribution is 2.09. The largest absolute Gasteiger partial charge is 0.398 e. The Morgan fingerprint density at radius 2 is 2.27 bits per heavy atom. The zero-order valence-electron chi connectivity index (χ0n) is 5.78. The van der Waals surface area contributed by atoms with Crippen molar-refractivity contribution in [3.8, 4) is 0 Å². The molecule has 0 spiro atoms. The van der Waals surface area contributed by atoms with Crippen LogP contribution in [0.2, 0.25) is 0 Å². The molecule has 0 fully saturated rings. The quantitative estimate of drug-likeness (QED) is 0.491. The van der Waals surface area contributed by atoms with E-state index in [2.05, 4.69) is 6.07 Å². The van der Waals surface area contributed by atoms with Gasteiger partial charge in [0.05, 0.1) is 5.75 Å². The summed E-state index contributed by atoms with van der Waals surface area (Å²) in [7, 11) is -2.39. The van der Waals surface area contributed by atoms with Gasteiger partial charge in [-0.2, -0.15) is 0 Å². The molecule has 11 heavy (non-hydrogen) atoms. The van der Waals surface area contributed by atoms with Crippen molar-refractivity contribution in [3.05, 3.63) is 29.8 Å². The Hall–Kier alpha value is -1.03. The number of para-hydroxylation sites is 1. The second kappa shape index (κ2) is 3.39. The minimum atomic E-state index is -2.39. The van der Waals surface area contributed by atoms with Gasteiger partial charge in [-0.25, -0.2) is 8.42 Å². The lowest BCUT2D eigenvalue weighted by Gasteiger charge is -1.97. The molecule has 0 aliphatic carbocycles. The third-order valence-corrected chi connectivity index (χ3v) is 1.88. The molecule has 0 saturated carbocycles. The Balaban J connectivity index is 2.94. The van der Waals surface area contributed by atoms with E-state index in [4.69, 9.17) is 5.73 Å². The molecule has 0 aliphatic heterocycles. The van der Waals surface area contributed by atoms with Crippen LogP contribution in [-0.4, -0.2) is 8.42 Å². The molecule has 2 N–H and O–H groups in total. The van der Waals surface area contributed by atoms with E-state index in [1.807, 2.05) is 0 Å². The molecule has 1 rings (SSSR count). The lowest BCUT2D eigenvalue weighted by atomic mass is 10.2. The number of hydrogen-bond donors (Lipinski definition) is 2. The van der Waals surface area contributed by atoms with Gasteiger partial charge in [-0.15, -0.1) is 0 Å². The lowest BCUT2D eigenvalue weighted by Crippen LogP contribution is -1.94. The third-order valence-electron chi connectivity index (χ3n) is 1.28. The van der Waals surface area contributed by atoms with E-state index in [-0.39, 0.29) is 5.75 Å². The summed E-state index contributed by atoms with van der Waals surface area (Å²) in [4.78, 5) is 0. The van der Waals surface area contributed by atoms with Gasteiger partial charge < -0.3 is 5.73 Å². The van der Waals surface area contributed by atoms with Gasteiger partial charge >= 0.3 is 0 Å². The van der Waals surface area contributed by atoms with Gasteiger partial charge in [0.1, 0.15) is 10.7 Å². The molecule has 1 aromatic carbocycles. The van der Waals surface area contributed by atoms with Crippen LogP contribution in [0, 0.1) is 6.07 Å². The second-order valence-electron chi connectivity index (χ2n) is 2.10. The van der Waals surface area contributed by atoms with E-state index in [0.717, 1.165) is 0 Å². The first kappa shape index (κ1) is 8.07. The average Bonchev–Trinajstić information content (AvgIpc) is 1.93. The zero-order valence-corrected chi connectivity index (χ0v) is 6.67. The summed E-state index contributed by atoms with van der Waals surface area (Å²) in [5.74, 6) is -0.00148. The van der Waals surface area contributed by atoms with Crippen LogP contribution in [0.1, 0.15) is 5.56 Å². The van der Waals surface area contributed by atoms with Crippen LogP contribution in [-0.2, 0) is 16.5 Å². The van der Waals surface area contributed by atoms with Crippen molar-refractivity contribution < 1.29 is 8.42 Å². The standard InChI is InChI=1S/C7H8NO2S/c8-7-4-2-1-3-6(7)5-11(9)10/h1-3,11H,5,8H2. The van der Waals surface area contributed by atoms with Crippen molar-refractivity contribution in [3.63, 3.8) is 0 Å². The predicted molar refractivity (Wildman–Crippen MR) is 43.7 cm³/mol. The number of thiol groups is 1. The van der Waals surface area contributed by atoms with Gasteiger partial charge in [0.15, 0.2) is 0 Å². The van der Waals surface area contributed by atoms with Crippen LogP contribution >= 0.6 is 0 Å². The molecule has 0 atom stereocenters. The number of benzene rings is 1. The smallest absolute Gasteiger partial charge is 0.144 e. The number of nitrogen functional groups attached to an aromatic ring is 1. The van der Waals surface area contributed by atoms with E-state index in [1.54, 1.807) is 18.2 Å².